The summed E-state index contributed by atoms with van der Waals surface area (Å²) in [6, 6.07) is 12.2. The first-order chi connectivity index (χ1) is 17.5. The monoisotopic (exact) mass is 500 g/mol. The lowest BCUT2D eigenvalue weighted by molar-refractivity contribution is -0.127. The van der Waals surface area contributed by atoms with E-state index in [2.05, 4.69) is 4.90 Å². The lowest BCUT2D eigenvalue weighted by atomic mass is 9.96. The van der Waals surface area contributed by atoms with Gasteiger partial charge in [0.1, 0.15) is 6.61 Å². The molecule has 0 unspecified atom stereocenters. The van der Waals surface area contributed by atoms with E-state index in [1.807, 2.05) is 23.1 Å². The van der Waals surface area contributed by atoms with Gasteiger partial charge in [-0.1, -0.05) is 18.2 Å². The molecule has 2 aliphatic heterocycles. The molecule has 1 amide bonds. The molecule has 2 saturated heterocycles. The fourth-order valence-electron chi connectivity index (χ4n) is 4.88. The van der Waals surface area contributed by atoms with Gasteiger partial charge in [-0.05, 0) is 68.5 Å². The Morgan fingerprint density at radius 3 is 2.64 bits per heavy atom. The number of aliphatic hydroxyl groups is 1. The molecule has 0 saturated carbocycles. The first-order valence-corrected chi connectivity index (χ1v) is 12.9. The summed E-state index contributed by atoms with van der Waals surface area (Å²) in [5.41, 5.74) is 0.121. The van der Waals surface area contributed by atoms with Gasteiger partial charge in [-0.3, -0.25) is 9.69 Å². The molecule has 2 aromatic carbocycles. The average Bonchev–Trinajstić information content (AvgIpc) is 3.19. The van der Waals surface area contributed by atoms with Crippen LogP contribution in [0.3, 0.4) is 0 Å². The minimum atomic E-state index is -0.984. The molecular weight excluding hydrogens is 463 g/mol. The third-order valence-corrected chi connectivity index (χ3v) is 6.98. The summed E-state index contributed by atoms with van der Waals surface area (Å²) < 4.78 is 31.0. The summed E-state index contributed by atoms with van der Waals surface area (Å²) in [5.74, 6) is 1.37. The van der Waals surface area contributed by atoms with Crippen molar-refractivity contribution in [1.29, 1.82) is 0 Å². The Balaban J connectivity index is 1.28. The number of halogens is 1. The van der Waals surface area contributed by atoms with Crippen LogP contribution in [-0.2, 0) is 11.3 Å². The number of likely N-dealkylation sites (tertiary alicyclic amines) is 2. The van der Waals surface area contributed by atoms with E-state index in [0.29, 0.717) is 43.9 Å². The van der Waals surface area contributed by atoms with Crippen molar-refractivity contribution in [2.75, 3.05) is 46.5 Å². The van der Waals surface area contributed by atoms with Crippen molar-refractivity contribution in [3.8, 4) is 17.2 Å². The Labute approximate surface area is 212 Å². The lowest BCUT2D eigenvalue weighted by Crippen LogP contribution is -2.37. The minimum absolute atomic E-state index is 0.0747. The van der Waals surface area contributed by atoms with E-state index >= 15 is 0 Å². The van der Waals surface area contributed by atoms with Crippen LogP contribution >= 0.6 is 0 Å². The highest BCUT2D eigenvalue weighted by Gasteiger charge is 2.31. The zero-order valence-corrected chi connectivity index (χ0v) is 21.1. The van der Waals surface area contributed by atoms with E-state index in [1.54, 1.807) is 25.3 Å². The maximum atomic E-state index is 13.9. The summed E-state index contributed by atoms with van der Waals surface area (Å²) >= 11 is 0. The van der Waals surface area contributed by atoms with Crippen molar-refractivity contribution < 1.29 is 28.5 Å². The molecule has 2 aromatic rings. The van der Waals surface area contributed by atoms with Gasteiger partial charge in [0.2, 0.25) is 5.91 Å². The zero-order chi connectivity index (χ0) is 25.4. The molecule has 0 aromatic heterocycles. The molecule has 0 aliphatic carbocycles. The van der Waals surface area contributed by atoms with E-state index in [4.69, 9.17) is 14.2 Å². The molecule has 2 fully saturated rings. The summed E-state index contributed by atoms with van der Waals surface area (Å²) in [4.78, 5) is 16.0. The summed E-state index contributed by atoms with van der Waals surface area (Å²) in [6.07, 6.45) is 4.36. The maximum absolute atomic E-state index is 13.9. The number of hydrogen-bond donors (Lipinski definition) is 1. The molecule has 36 heavy (non-hydrogen) atoms. The van der Waals surface area contributed by atoms with Crippen LogP contribution in [-0.4, -0.2) is 72.9 Å². The van der Waals surface area contributed by atoms with Crippen molar-refractivity contribution in [2.24, 2.45) is 0 Å². The molecule has 1 N–H and O–H groups in total. The molecule has 1 atom stereocenters. The van der Waals surface area contributed by atoms with Crippen LogP contribution in [0.5, 0.6) is 17.2 Å². The second-order valence-corrected chi connectivity index (χ2v) is 9.74. The van der Waals surface area contributed by atoms with E-state index < -0.39 is 11.4 Å². The normalized spacial score (nSPS) is 20.9. The van der Waals surface area contributed by atoms with Gasteiger partial charge in [-0.2, -0.15) is 0 Å². The lowest BCUT2D eigenvalue weighted by Gasteiger charge is -2.27. The van der Waals surface area contributed by atoms with Crippen molar-refractivity contribution in [1.82, 2.24) is 9.80 Å². The fraction of sp³-hybridized carbons (Fsp3) is 0.536. The Hall–Kier alpha value is -2.84. The van der Waals surface area contributed by atoms with Gasteiger partial charge in [-0.15, -0.1) is 0 Å². The predicted octanol–water partition coefficient (Wildman–Crippen LogP) is 4.02. The number of nitrogens with zero attached hydrogens (tertiary/aromatic N) is 2. The van der Waals surface area contributed by atoms with E-state index in [0.717, 1.165) is 51.0 Å². The number of rotatable bonds is 11. The minimum Gasteiger partial charge on any atom is -0.493 e. The molecule has 8 heteroatoms. The van der Waals surface area contributed by atoms with Crippen LogP contribution in [0.25, 0.3) is 0 Å². The van der Waals surface area contributed by atoms with Crippen LogP contribution in [0, 0.1) is 5.82 Å². The first kappa shape index (κ1) is 26.2. The number of methoxy groups -OCH3 is 1. The quantitative estimate of drug-likeness (QED) is 0.470. The van der Waals surface area contributed by atoms with Crippen LogP contribution < -0.4 is 14.2 Å². The molecule has 0 radical (unpaired) electrons. The molecule has 0 spiro atoms. The maximum Gasteiger partial charge on any atom is 0.222 e. The van der Waals surface area contributed by atoms with Crippen LogP contribution in [0.15, 0.2) is 42.5 Å². The van der Waals surface area contributed by atoms with Gasteiger partial charge in [-0.25, -0.2) is 4.39 Å². The van der Waals surface area contributed by atoms with Crippen LogP contribution in [0.4, 0.5) is 4.39 Å². The predicted molar refractivity (Wildman–Crippen MR) is 135 cm³/mol. The molecule has 4 rings (SSSR count). The average molecular weight is 501 g/mol. The summed E-state index contributed by atoms with van der Waals surface area (Å²) in [5, 5.41) is 11.1. The van der Waals surface area contributed by atoms with Crippen molar-refractivity contribution in [3.63, 3.8) is 0 Å². The van der Waals surface area contributed by atoms with Crippen LogP contribution in [0.2, 0.25) is 0 Å². The highest BCUT2D eigenvalue weighted by atomic mass is 19.1. The van der Waals surface area contributed by atoms with Crippen molar-refractivity contribution in [2.45, 2.75) is 50.7 Å². The van der Waals surface area contributed by atoms with Crippen molar-refractivity contribution in [3.05, 3.63) is 53.8 Å². The molecule has 0 bridgehead atoms. The summed E-state index contributed by atoms with van der Waals surface area (Å²) in [7, 11) is 1.63. The molecular formula is C28H37FN2O5. The second-order valence-electron chi connectivity index (χ2n) is 9.74. The van der Waals surface area contributed by atoms with Crippen LogP contribution in [0.1, 0.15) is 44.1 Å². The highest BCUT2D eigenvalue weighted by molar-refractivity contribution is 5.77. The van der Waals surface area contributed by atoms with Gasteiger partial charge in [0.05, 0.1) is 19.3 Å². The fourth-order valence-corrected chi connectivity index (χ4v) is 4.88. The third kappa shape index (κ3) is 7.11. The zero-order valence-electron chi connectivity index (χ0n) is 21.1. The number of benzene rings is 2. The van der Waals surface area contributed by atoms with Gasteiger partial charge in [0.25, 0.3) is 0 Å². The Bertz CT molecular complexity index is 1020. The number of para-hydroxylation sites is 1. The summed E-state index contributed by atoms with van der Waals surface area (Å²) in [6.45, 7) is 4.45. The smallest absolute Gasteiger partial charge is 0.222 e. The standard InChI is InChI=1S/C28H37FN2O5/c1-34-25-11-10-22(19-26(25)35-18-6-16-31-15-4-9-27(31)32)20-30-14-5-12-28(33,13-17-30)21-36-24-8-3-2-7-23(24)29/h2-3,7-8,10-11,19,33H,4-6,9,12-18,20-21H2,1H3/t28-/m1/s1. The van der Waals surface area contributed by atoms with E-state index in [1.165, 1.54) is 6.07 Å². The van der Waals surface area contributed by atoms with E-state index in [-0.39, 0.29) is 18.3 Å². The van der Waals surface area contributed by atoms with Gasteiger partial charge in [0.15, 0.2) is 23.1 Å². The Kier molecular flexibility index (Phi) is 9.04. The topological polar surface area (TPSA) is 71.5 Å². The number of hydrogen-bond acceptors (Lipinski definition) is 6. The molecule has 7 nitrogen and oxygen atoms in total. The highest BCUT2D eigenvalue weighted by Crippen LogP contribution is 2.30. The van der Waals surface area contributed by atoms with Gasteiger partial charge < -0.3 is 24.2 Å². The Morgan fingerprint density at radius 1 is 1.00 bits per heavy atom. The molecule has 2 aliphatic rings. The SMILES string of the molecule is COc1ccc(CN2CCC[C@](O)(COc3ccccc3F)CC2)cc1OCCCN1CCCC1=O. The number of ether oxygens (including phenoxy) is 3. The number of carbonyl (C=O) groups is 1. The first-order valence-electron chi connectivity index (χ1n) is 12.9. The third-order valence-electron chi connectivity index (χ3n) is 6.98. The van der Waals surface area contributed by atoms with Gasteiger partial charge >= 0.3 is 0 Å². The molecule has 196 valence electrons. The second kappa shape index (κ2) is 12.4. The van der Waals surface area contributed by atoms with Gasteiger partial charge in [0, 0.05) is 32.6 Å². The largest absolute Gasteiger partial charge is 0.493 e. The Morgan fingerprint density at radius 2 is 1.86 bits per heavy atom. The number of amides is 1. The number of carbonyl (C=O) groups excluding carboxylic acids is 1. The molecule has 2 heterocycles. The van der Waals surface area contributed by atoms with E-state index in [9.17, 15) is 14.3 Å². The van der Waals surface area contributed by atoms with Crippen molar-refractivity contribution >= 4 is 5.91 Å².